The van der Waals surface area contributed by atoms with E-state index < -0.39 is 18.0 Å². The Morgan fingerprint density at radius 1 is 1.41 bits per heavy atom. The molecular formula is C11H15F3N2O. The highest BCUT2D eigenvalue weighted by atomic mass is 19.4. The van der Waals surface area contributed by atoms with Crippen molar-refractivity contribution in [1.82, 2.24) is 4.98 Å². The van der Waals surface area contributed by atoms with Crippen LogP contribution in [0.3, 0.4) is 0 Å². The van der Waals surface area contributed by atoms with Gasteiger partial charge in [0.25, 0.3) is 0 Å². The highest BCUT2D eigenvalue weighted by Gasteiger charge is 2.32. The van der Waals surface area contributed by atoms with Crippen molar-refractivity contribution in [3.63, 3.8) is 0 Å². The molecule has 96 valence electrons. The smallest absolute Gasteiger partial charge is 0.393 e. The molecule has 3 nitrogen and oxygen atoms in total. The summed E-state index contributed by atoms with van der Waals surface area (Å²) < 4.78 is 37.0. The van der Waals surface area contributed by atoms with Crippen LogP contribution in [0.5, 0.6) is 0 Å². The van der Waals surface area contributed by atoms with Gasteiger partial charge in [-0.3, -0.25) is 0 Å². The van der Waals surface area contributed by atoms with E-state index in [-0.39, 0.29) is 5.82 Å². The Balaban J connectivity index is 2.55. The molecule has 2 N–H and O–H groups in total. The number of aliphatic hydroxyl groups excluding tert-OH is 1. The maximum atomic E-state index is 12.3. The average molecular weight is 248 g/mol. The molecule has 0 spiro atoms. The molecule has 0 aliphatic carbocycles. The van der Waals surface area contributed by atoms with Gasteiger partial charge in [-0.05, 0) is 25.0 Å². The van der Waals surface area contributed by atoms with E-state index in [9.17, 15) is 18.3 Å². The number of rotatable bonds is 5. The van der Waals surface area contributed by atoms with Crippen molar-refractivity contribution >= 4 is 5.82 Å². The van der Waals surface area contributed by atoms with E-state index >= 15 is 0 Å². The van der Waals surface area contributed by atoms with Crippen LogP contribution in [-0.4, -0.2) is 22.7 Å². The van der Waals surface area contributed by atoms with E-state index in [1.54, 1.807) is 0 Å². The molecule has 1 rings (SSSR count). The minimum absolute atomic E-state index is 0.170. The number of halogens is 3. The van der Waals surface area contributed by atoms with Gasteiger partial charge in [-0.15, -0.1) is 0 Å². The minimum atomic E-state index is -4.43. The number of nitrogens with zero attached hydrogens (tertiary/aromatic N) is 1. The summed E-state index contributed by atoms with van der Waals surface area (Å²) in [4.78, 5) is 3.45. The van der Waals surface area contributed by atoms with Crippen LogP contribution in [0.15, 0.2) is 18.2 Å². The first-order chi connectivity index (χ1) is 7.93. The number of pyridine rings is 1. The predicted molar refractivity (Wildman–Crippen MR) is 58.6 cm³/mol. The Morgan fingerprint density at radius 3 is 2.71 bits per heavy atom. The predicted octanol–water partition coefficient (Wildman–Crippen LogP) is 2.67. The second-order valence-electron chi connectivity index (χ2n) is 3.68. The van der Waals surface area contributed by atoms with Gasteiger partial charge in [0.15, 0.2) is 0 Å². The van der Waals surface area contributed by atoms with Crippen molar-refractivity contribution in [2.45, 2.75) is 32.0 Å². The monoisotopic (exact) mass is 248 g/mol. The molecule has 0 amide bonds. The number of anilines is 1. The quantitative estimate of drug-likeness (QED) is 0.842. The lowest BCUT2D eigenvalue weighted by Crippen LogP contribution is -2.14. The first kappa shape index (κ1) is 13.8. The number of hydrogen-bond donors (Lipinski definition) is 2. The second-order valence-corrected chi connectivity index (χ2v) is 3.68. The van der Waals surface area contributed by atoms with E-state index in [1.807, 2.05) is 6.92 Å². The van der Waals surface area contributed by atoms with Gasteiger partial charge in [-0.1, -0.05) is 13.0 Å². The lowest BCUT2D eigenvalue weighted by Gasteiger charge is -2.11. The molecule has 0 aliphatic heterocycles. The third-order valence-electron chi connectivity index (χ3n) is 2.29. The van der Waals surface area contributed by atoms with Crippen molar-refractivity contribution < 1.29 is 18.3 Å². The van der Waals surface area contributed by atoms with E-state index in [2.05, 4.69) is 10.3 Å². The van der Waals surface area contributed by atoms with Gasteiger partial charge >= 0.3 is 6.18 Å². The van der Waals surface area contributed by atoms with Crippen LogP contribution in [0.2, 0.25) is 0 Å². The number of hydrogen-bond acceptors (Lipinski definition) is 3. The van der Waals surface area contributed by atoms with E-state index in [0.29, 0.717) is 19.4 Å². The van der Waals surface area contributed by atoms with Crippen molar-refractivity contribution in [2.24, 2.45) is 0 Å². The normalized spacial score (nSPS) is 13.5. The third kappa shape index (κ3) is 4.60. The van der Waals surface area contributed by atoms with Crippen LogP contribution in [0.4, 0.5) is 19.0 Å². The zero-order valence-corrected chi connectivity index (χ0v) is 9.46. The summed E-state index contributed by atoms with van der Waals surface area (Å²) in [7, 11) is 0. The van der Waals surface area contributed by atoms with Gasteiger partial charge in [0.2, 0.25) is 0 Å². The molecule has 0 radical (unpaired) electrons. The van der Waals surface area contributed by atoms with E-state index in [0.717, 1.165) is 6.07 Å². The molecule has 0 aliphatic rings. The standard InChI is InChI=1S/C11H15F3N2O/c1-2-8(17)6-7-15-10-5-3-4-9(16-10)11(12,13)14/h3-5,8,17H,2,6-7H2,1H3,(H,15,16). The number of aromatic nitrogens is 1. The van der Waals surface area contributed by atoms with Gasteiger partial charge in [0.05, 0.1) is 6.10 Å². The molecule has 1 unspecified atom stereocenters. The molecule has 0 bridgehead atoms. The summed E-state index contributed by atoms with van der Waals surface area (Å²) in [6.45, 7) is 2.23. The largest absolute Gasteiger partial charge is 0.433 e. The summed E-state index contributed by atoms with van der Waals surface area (Å²) in [5, 5.41) is 12.0. The lowest BCUT2D eigenvalue weighted by atomic mass is 10.2. The Morgan fingerprint density at radius 2 is 2.12 bits per heavy atom. The highest BCUT2D eigenvalue weighted by molar-refractivity contribution is 5.35. The van der Waals surface area contributed by atoms with Crippen molar-refractivity contribution in [2.75, 3.05) is 11.9 Å². The molecule has 1 aromatic rings. The van der Waals surface area contributed by atoms with Crippen molar-refractivity contribution in [3.8, 4) is 0 Å². The third-order valence-corrected chi connectivity index (χ3v) is 2.29. The number of aliphatic hydroxyl groups is 1. The summed E-state index contributed by atoms with van der Waals surface area (Å²) in [6.07, 6.45) is -3.76. The van der Waals surface area contributed by atoms with Crippen molar-refractivity contribution in [3.05, 3.63) is 23.9 Å². The van der Waals surface area contributed by atoms with Crippen LogP contribution >= 0.6 is 0 Å². The molecule has 1 atom stereocenters. The first-order valence-corrected chi connectivity index (χ1v) is 5.39. The highest BCUT2D eigenvalue weighted by Crippen LogP contribution is 2.28. The molecule has 0 saturated heterocycles. The van der Waals surface area contributed by atoms with E-state index in [4.69, 9.17) is 0 Å². The topological polar surface area (TPSA) is 45.1 Å². The summed E-state index contributed by atoms with van der Waals surface area (Å²) in [5.74, 6) is 0.170. The van der Waals surface area contributed by atoms with Gasteiger partial charge in [-0.25, -0.2) is 4.98 Å². The van der Waals surface area contributed by atoms with Gasteiger partial charge in [0, 0.05) is 6.54 Å². The number of alkyl halides is 3. The molecule has 0 aromatic carbocycles. The van der Waals surface area contributed by atoms with Crippen LogP contribution in [-0.2, 0) is 6.18 Å². The Labute approximate surface area is 97.7 Å². The molecule has 6 heteroatoms. The van der Waals surface area contributed by atoms with Gasteiger partial charge < -0.3 is 10.4 Å². The van der Waals surface area contributed by atoms with Gasteiger partial charge in [-0.2, -0.15) is 13.2 Å². The van der Waals surface area contributed by atoms with Crippen LogP contribution in [0.1, 0.15) is 25.5 Å². The van der Waals surface area contributed by atoms with E-state index in [1.165, 1.54) is 12.1 Å². The van der Waals surface area contributed by atoms with Gasteiger partial charge in [0.1, 0.15) is 11.5 Å². The fourth-order valence-corrected chi connectivity index (χ4v) is 1.26. The lowest BCUT2D eigenvalue weighted by molar-refractivity contribution is -0.141. The SMILES string of the molecule is CCC(O)CCNc1cccc(C(F)(F)F)n1. The fraction of sp³-hybridized carbons (Fsp3) is 0.545. The second kappa shape index (κ2) is 5.86. The number of nitrogens with one attached hydrogen (secondary N) is 1. The Hall–Kier alpha value is -1.30. The van der Waals surface area contributed by atoms with Crippen LogP contribution in [0.25, 0.3) is 0 Å². The molecule has 17 heavy (non-hydrogen) atoms. The van der Waals surface area contributed by atoms with Crippen LogP contribution < -0.4 is 5.32 Å². The zero-order chi connectivity index (χ0) is 12.9. The first-order valence-electron chi connectivity index (χ1n) is 5.39. The zero-order valence-electron chi connectivity index (χ0n) is 9.46. The average Bonchev–Trinajstić information content (AvgIpc) is 2.28. The Kier molecular flexibility index (Phi) is 4.74. The molecular weight excluding hydrogens is 233 g/mol. The summed E-state index contributed by atoms with van der Waals surface area (Å²) >= 11 is 0. The molecule has 0 fully saturated rings. The molecule has 1 aromatic heterocycles. The maximum Gasteiger partial charge on any atom is 0.433 e. The molecule has 1 heterocycles. The Bertz CT molecular complexity index is 355. The summed E-state index contributed by atoms with van der Waals surface area (Å²) in [6, 6.07) is 3.69. The van der Waals surface area contributed by atoms with Crippen LogP contribution in [0, 0.1) is 0 Å². The minimum Gasteiger partial charge on any atom is -0.393 e. The maximum absolute atomic E-state index is 12.3. The fourth-order valence-electron chi connectivity index (χ4n) is 1.26. The summed E-state index contributed by atoms with van der Waals surface area (Å²) in [5.41, 5.74) is -0.918. The molecule has 0 saturated carbocycles. The van der Waals surface area contributed by atoms with Crippen molar-refractivity contribution in [1.29, 1.82) is 0 Å².